The maximum absolute atomic E-state index is 14.4. The number of aromatic nitrogens is 4. The molecule has 1 atom stereocenters. The molecule has 0 N–H and O–H groups in total. The van der Waals surface area contributed by atoms with Crippen LogP contribution in [-0.4, -0.2) is 30.0 Å². The van der Waals surface area contributed by atoms with Crippen molar-refractivity contribution in [2.24, 2.45) is 0 Å². The van der Waals surface area contributed by atoms with Crippen molar-refractivity contribution in [3.8, 4) is 11.3 Å². The van der Waals surface area contributed by atoms with Crippen LogP contribution in [0.3, 0.4) is 0 Å². The number of benzene rings is 1. The number of halogens is 1. The molecule has 0 aliphatic carbocycles. The minimum absolute atomic E-state index is 0.255. The largest absolute Gasteiger partial charge is 0.252 e. The van der Waals surface area contributed by atoms with Gasteiger partial charge in [-0.1, -0.05) is 0 Å². The van der Waals surface area contributed by atoms with Crippen molar-refractivity contribution >= 4 is 38.0 Å². The molecule has 0 spiro atoms. The van der Waals surface area contributed by atoms with E-state index in [1.807, 2.05) is 32.2 Å². The maximum Gasteiger partial charge on any atom is 0.181 e. The van der Waals surface area contributed by atoms with Crippen LogP contribution < -0.4 is 0 Å². The second kappa shape index (κ2) is 5.42. The van der Waals surface area contributed by atoms with Gasteiger partial charge in [0.1, 0.15) is 5.52 Å². The van der Waals surface area contributed by atoms with Crippen molar-refractivity contribution < 1.29 is 8.60 Å². The number of thiazole rings is 1. The molecule has 1 unspecified atom stereocenters. The summed E-state index contributed by atoms with van der Waals surface area (Å²) in [5, 5.41) is 4.53. The topological polar surface area (TPSA) is 60.2 Å². The molecule has 0 aliphatic heterocycles. The third-order valence-electron chi connectivity index (χ3n) is 3.70. The standard InChI is InChI=1S/C16H13FN4OS2/c1-8-4-12(20-21-7-9(2)18-15(8)21)10-5-11(17)14-13(6-10)23-16(19-14)24(3)22/h4-7H,1-3H3. The lowest BCUT2D eigenvalue weighted by Gasteiger charge is -2.05. The predicted molar refractivity (Wildman–Crippen MR) is 93.4 cm³/mol. The van der Waals surface area contributed by atoms with E-state index in [2.05, 4.69) is 15.1 Å². The Kier molecular flexibility index (Phi) is 3.47. The molecule has 3 heterocycles. The average molecular weight is 360 g/mol. The minimum Gasteiger partial charge on any atom is -0.252 e. The van der Waals surface area contributed by atoms with E-state index in [0.717, 1.165) is 16.9 Å². The summed E-state index contributed by atoms with van der Waals surface area (Å²) >= 11 is 1.24. The molecule has 0 saturated heterocycles. The van der Waals surface area contributed by atoms with Crippen molar-refractivity contribution in [3.63, 3.8) is 0 Å². The van der Waals surface area contributed by atoms with Crippen LogP contribution in [0.15, 0.2) is 28.7 Å². The molecular weight excluding hydrogens is 347 g/mol. The van der Waals surface area contributed by atoms with Gasteiger partial charge in [0.05, 0.1) is 33.1 Å². The Balaban J connectivity index is 1.94. The SMILES string of the molecule is Cc1cn2nc(-c3cc(F)c4nc(S(C)=O)sc4c3)cc(C)c2n1. The average Bonchev–Trinajstić information content (AvgIpc) is 3.10. The van der Waals surface area contributed by atoms with Crippen LogP contribution in [0.2, 0.25) is 0 Å². The number of imidazole rings is 1. The van der Waals surface area contributed by atoms with Gasteiger partial charge in [0.2, 0.25) is 0 Å². The van der Waals surface area contributed by atoms with Gasteiger partial charge in [0.15, 0.2) is 15.8 Å². The van der Waals surface area contributed by atoms with Gasteiger partial charge in [-0.3, -0.25) is 4.21 Å². The Labute approximate surface area is 143 Å². The molecule has 24 heavy (non-hydrogen) atoms. The van der Waals surface area contributed by atoms with E-state index in [-0.39, 0.29) is 5.52 Å². The van der Waals surface area contributed by atoms with Crippen LogP contribution in [0.25, 0.3) is 27.1 Å². The molecule has 0 amide bonds. The fraction of sp³-hybridized carbons (Fsp3) is 0.188. The Morgan fingerprint density at radius 1 is 1.21 bits per heavy atom. The van der Waals surface area contributed by atoms with Crippen molar-refractivity contribution in [1.29, 1.82) is 0 Å². The number of fused-ring (bicyclic) bond motifs is 2. The van der Waals surface area contributed by atoms with Crippen LogP contribution in [0, 0.1) is 19.7 Å². The first-order valence-corrected chi connectivity index (χ1v) is 9.57. The van der Waals surface area contributed by atoms with E-state index in [4.69, 9.17) is 0 Å². The fourth-order valence-corrected chi connectivity index (χ4v) is 4.33. The van der Waals surface area contributed by atoms with E-state index in [1.54, 1.807) is 4.52 Å². The quantitative estimate of drug-likeness (QED) is 0.549. The van der Waals surface area contributed by atoms with Crippen LogP contribution in [0.4, 0.5) is 4.39 Å². The molecule has 0 aliphatic rings. The monoisotopic (exact) mass is 360 g/mol. The second-order valence-corrected chi connectivity index (χ2v) is 8.19. The van der Waals surface area contributed by atoms with E-state index in [1.165, 1.54) is 23.7 Å². The van der Waals surface area contributed by atoms with Crippen LogP contribution in [0.5, 0.6) is 0 Å². The van der Waals surface area contributed by atoms with Crippen LogP contribution in [-0.2, 0) is 10.8 Å². The van der Waals surface area contributed by atoms with Gasteiger partial charge in [-0.05, 0) is 37.6 Å². The highest BCUT2D eigenvalue weighted by Crippen LogP contribution is 2.31. The van der Waals surface area contributed by atoms with Gasteiger partial charge in [0.25, 0.3) is 0 Å². The molecule has 0 bridgehead atoms. The lowest BCUT2D eigenvalue weighted by molar-refractivity contribution is 0.637. The first kappa shape index (κ1) is 15.3. The summed E-state index contributed by atoms with van der Waals surface area (Å²) in [4.78, 5) is 8.55. The van der Waals surface area contributed by atoms with Crippen molar-refractivity contribution in [3.05, 3.63) is 41.5 Å². The highest BCUT2D eigenvalue weighted by molar-refractivity contribution is 7.86. The Morgan fingerprint density at radius 2 is 2.00 bits per heavy atom. The lowest BCUT2D eigenvalue weighted by Crippen LogP contribution is -1.96. The lowest BCUT2D eigenvalue weighted by atomic mass is 10.1. The molecular formula is C16H13FN4OS2. The molecule has 0 fully saturated rings. The number of aryl methyl sites for hydroxylation is 2. The maximum atomic E-state index is 14.4. The summed E-state index contributed by atoms with van der Waals surface area (Å²) < 4.78 is 28.8. The zero-order valence-electron chi connectivity index (χ0n) is 13.2. The predicted octanol–water partition coefficient (Wildman–Crippen LogP) is 3.50. The van der Waals surface area contributed by atoms with E-state index in [9.17, 15) is 8.60 Å². The molecule has 8 heteroatoms. The summed E-state index contributed by atoms with van der Waals surface area (Å²) in [6.45, 7) is 3.86. The van der Waals surface area contributed by atoms with Gasteiger partial charge in [0, 0.05) is 11.8 Å². The number of hydrogen-bond donors (Lipinski definition) is 0. The molecule has 1 aromatic carbocycles. The molecule has 0 saturated carbocycles. The summed E-state index contributed by atoms with van der Waals surface area (Å²) in [6.07, 6.45) is 3.38. The molecule has 4 aromatic rings. The van der Waals surface area contributed by atoms with E-state index < -0.39 is 16.6 Å². The summed E-state index contributed by atoms with van der Waals surface area (Å²) in [7, 11) is -1.23. The summed E-state index contributed by atoms with van der Waals surface area (Å²) in [5.41, 5.74) is 4.21. The Morgan fingerprint density at radius 3 is 2.75 bits per heavy atom. The number of nitrogens with zero attached hydrogens (tertiary/aromatic N) is 4. The molecule has 3 aromatic heterocycles. The van der Waals surface area contributed by atoms with Crippen molar-refractivity contribution in [2.75, 3.05) is 6.26 Å². The molecule has 5 nitrogen and oxygen atoms in total. The normalized spacial score (nSPS) is 13.0. The summed E-state index contributed by atoms with van der Waals surface area (Å²) in [6, 6.07) is 5.15. The zero-order chi connectivity index (χ0) is 17.0. The van der Waals surface area contributed by atoms with Crippen LogP contribution >= 0.6 is 11.3 Å². The van der Waals surface area contributed by atoms with Crippen molar-refractivity contribution in [1.82, 2.24) is 19.6 Å². The van der Waals surface area contributed by atoms with Gasteiger partial charge in [-0.25, -0.2) is 18.9 Å². The van der Waals surface area contributed by atoms with Crippen molar-refractivity contribution in [2.45, 2.75) is 18.2 Å². The van der Waals surface area contributed by atoms with Crippen LogP contribution in [0.1, 0.15) is 11.3 Å². The molecule has 0 radical (unpaired) electrons. The van der Waals surface area contributed by atoms with E-state index in [0.29, 0.717) is 20.3 Å². The van der Waals surface area contributed by atoms with E-state index >= 15 is 0 Å². The Hall–Kier alpha value is -2.19. The number of hydrogen-bond acceptors (Lipinski definition) is 5. The Bertz CT molecular complexity index is 1130. The van der Waals surface area contributed by atoms with Gasteiger partial charge in [-0.2, -0.15) is 5.10 Å². The smallest absolute Gasteiger partial charge is 0.181 e. The fourth-order valence-electron chi connectivity index (χ4n) is 2.63. The van der Waals surface area contributed by atoms with Gasteiger partial charge in [-0.15, -0.1) is 11.3 Å². The third-order valence-corrected chi connectivity index (χ3v) is 6.03. The minimum atomic E-state index is -1.23. The van der Waals surface area contributed by atoms with Gasteiger partial charge < -0.3 is 0 Å². The third kappa shape index (κ3) is 2.42. The zero-order valence-corrected chi connectivity index (χ0v) is 14.8. The van der Waals surface area contributed by atoms with Gasteiger partial charge >= 0.3 is 0 Å². The first-order chi connectivity index (χ1) is 11.4. The highest BCUT2D eigenvalue weighted by Gasteiger charge is 2.15. The number of rotatable bonds is 2. The molecule has 122 valence electrons. The highest BCUT2D eigenvalue weighted by atomic mass is 32.2. The molecule has 4 rings (SSSR count). The summed E-state index contributed by atoms with van der Waals surface area (Å²) in [5.74, 6) is -0.434. The first-order valence-electron chi connectivity index (χ1n) is 7.20. The second-order valence-electron chi connectivity index (χ2n) is 5.60.